The number of hydrogen-bond acceptors (Lipinski definition) is 3. The monoisotopic (exact) mass is 225 g/mol. The molecule has 0 saturated carbocycles. The Morgan fingerprint density at radius 2 is 1.87 bits per heavy atom. The molecule has 1 aromatic rings. The van der Waals surface area contributed by atoms with Crippen molar-refractivity contribution < 1.29 is 13.2 Å². The Morgan fingerprint density at radius 1 is 1.33 bits per heavy atom. The van der Waals surface area contributed by atoms with Gasteiger partial charge in [0.1, 0.15) is 0 Å². The van der Waals surface area contributed by atoms with Crippen molar-refractivity contribution in [1.29, 1.82) is 0 Å². The van der Waals surface area contributed by atoms with E-state index in [0.29, 0.717) is 5.69 Å². The second-order valence-corrected chi connectivity index (χ2v) is 4.81. The first-order valence-corrected chi connectivity index (χ1v) is 5.75. The molecule has 0 saturated heterocycles. The lowest BCUT2D eigenvalue weighted by molar-refractivity contribution is -0.114. The maximum absolute atomic E-state index is 11.3. The van der Waals surface area contributed by atoms with Crippen LogP contribution in [0.25, 0.3) is 0 Å². The first-order valence-electron chi connectivity index (χ1n) is 4.21. The van der Waals surface area contributed by atoms with E-state index in [2.05, 4.69) is 11.9 Å². The number of nitrogens with one attached hydrogen (secondary N) is 1. The lowest BCUT2D eigenvalue weighted by Crippen LogP contribution is -2.05. The van der Waals surface area contributed by atoms with Gasteiger partial charge in [0.2, 0.25) is 5.91 Å². The molecule has 0 aliphatic heterocycles. The molecule has 0 aliphatic rings. The van der Waals surface area contributed by atoms with Crippen LogP contribution in [0.3, 0.4) is 0 Å². The molecule has 80 valence electrons. The van der Waals surface area contributed by atoms with Crippen molar-refractivity contribution in [2.75, 3.05) is 5.32 Å². The van der Waals surface area contributed by atoms with Crippen LogP contribution in [-0.4, -0.2) is 14.3 Å². The largest absolute Gasteiger partial charge is 0.326 e. The summed E-state index contributed by atoms with van der Waals surface area (Å²) >= 11 is 0. The predicted octanol–water partition coefficient (Wildman–Crippen LogP) is 1.56. The van der Waals surface area contributed by atoms with Gasteiger partial charge in [-0.25, -0.2) is 8.42 Å². The van der Waals surface area contributed by atoms with Gasteiger partial charge in [-0.2, -0.15) is 0 Å². The third-order valence-corrected chi connectivity index (χ3v) is 3.09. The highest BCUT2D eigenvalue weighted by Crippen LogP contribution is 2.15. The summed E-state index contributed by atoms with van der Waals surface area (Å²) in [5, 5.41) is 3.43. The summed E-state index contributed by atoms with van der Waals surface area (Å²) in [4.78, 5) is 10.9. The maximum atomic E-state index is 11.3. The second kappa shape index (κ2) is 4.27. The van der Waals surface area contributed by atoms with E-state index in [0.717, 1.165) is 5.41 Å². The van der Waals surface area contributed by atoms with Crippen molar-refractivity contribution in [3.63, 3.8) is 0 Å². The van der Waals surface area contributed by atoms with Gasteiger partial charge in [-0.1, -0.05) is 6.58 Å². The lowest BCUT2D eigenvalue weighted by atomic mass is 10.3. The second-order valence-electron chi connectivity index (χ2n) is 2.92. The summed E-state index contributed by atoms with van der Waals surface area (Å²) in [7, 11) is -3.39. The minimum Gasteiger partial charge on any atom is -0.326 e. The van der Waals surface area contributed by atoms with E-state index < -0.39 is 9.84 Å². The van der Waals surface area contributed by atoms with Crippen molar-refractivity contribution in [3.05, 3.63) is 36.3 Å². The number of carbonyl (C=O) groups excluding carboxylic acids is 1. The molecule has 0 atom stereocenters. The summed E-state index contributed by atoms with van der Waals surface area (Å²) in [5.74, 6) is -0.200. The maximum Gasteiger partial charge on any atom is 0.221 e. The van der Waals surface area contributed by atoms with Crippen LogP contribution >= 0.6 is 0 Å². The van der Waals surface area contributed by atoms with Gasteiger partial charge in [0.15, 0.2) is 9.84 Å². The zero-order valence-corrected chi connectivity index (χ0v) is 9.04. The smallest absolute Gasteiger partial charge is 0.221 e. The Balaban J connectivity index is 3.00. The van der Waals surface area contributed by atoms with Crippen LogP contribution in [0.1, 0.15) is 6.92 Å². The van der Waals surface area contributed by atoms with Crippen LogP contribution in [0.15, 0.2) is 41.1 Å². The van der Waals surface area contributed by atoms with Crippen molar-refractivity contribution in [3.8, 4) is 0 Å². The number of sulfone groups is 1. The normalized spacial score (nSPS) is 10.7. The predicted molar refractivity (Wildman–Crippen MR) is 58.1 cm³/mol. The molecule has 0 unspecified atom stereocenters. The summed E-state index contributed by atoms with van der Waals surface area (Å²) in [5.41, 5.74) is 0.561. The fourth-order valence-corrected chi connectivity index (χ4v) is 1.74. The minimum atomic E-state index is -3.39. The Hall–Kier alpha value is -1.62. The Labute approximate surface area is 88.5 Å². The van der Waals surface area contributed by atoms with E-state index in [-0.39, 0.29) is 10.8 Å². The first-order chi connectivity index (χ1) is 6.95. The fraction of sp³-hybridized carbons (Fsp3) is 0.100. The molecular formula is C10H11NO3S. The third kappa shape index (κ3) is 2.92. The molecule has 0 aliphatic carbocycles. The van der Waals surface area contributed by atoms with E-state index in [9.17, 15) is 13.2 Å². The summed E-state index contributed by atoms with van der Waals surface area (Å²) < 4.78 is 22.7. The highest BCUT2D eigenvalue weighted by molar-refractivity contribution is 7.94. The SMILES string of the molecule is C=CS(=O)(=O)c1ccc(NC(C)=O)cc1. The minimum absolute atomic E-state index is 0.159. The molecule has 15 heavy (non-hydrogen) atoms. The van der Waals surface area contributed by atoms with Gasteiger partial charge in [0.05, 0.1) is 4.90 Å². The van der Waals surface area contributed by atoms with E-state index >= 15 is 0 Å². The van der Waals surface area contributed by atoms with Crippen LogP contribution in [0.2, 0.25) is 0 Å². The van der Waals surface area contributed by atoms with Gasteiger partial charge < -0.3 is 5.32 Å². The molecule has 1 aromatic carbocycles. The van der Waals surface area contributed by atoms with Gasteiger partial charge in [0.25, 0.3) is 0 Å². The van der Waals surface area contributed by atoms with Gasteiger partial charge in [-0.05, 0) is 24.3 Å². The number of carbonyl (C=O) groups is 1. The van der Waals surface area contributed by atoms with E-state index in [1.54, 1.807) is 0 Å². The summed E-state index contributed by atoms with van der Waals surface area (Å²) in [6, 6.07) is 5.89. The van der Waals surface area contributed by atoms with Gasteiger partial charge >= 0.3 is 0 Å². The number of amides is 1. The number of rotatable bonds is 3. The zero-order chi connectivity index (χ0) is 11.5. The molecule has 0 heterocycles. The van der Waals surface area contributed by atoms with E-state index in [1.807, 2.05) is 0 Å². The topological polar surface area (TPSA) is 63.2 Å². The third-order valence-electron chi connectivity index (χ3n) is 1.72. The molecule has 5 heteroatoms. The van der Waals surface area contributed by atoms with Crippen LogP contribution in [0.5, 0.6) is 0 Å². The van der Waals surface area contributed by atoms with Crippen LogP contribution in [-0.2, 0) is 14.6 Å². The molecule has 0 spiro atoms. The molecule has 1 rings (SSSR count). The quantitative estimate of drug-likeness (QED) is 0.849. The van der Waals surface area contributed by atoms with Crippen molar-refractivity contribution >= 4 is 21.4 Å². The van der Waals surface area contributed by atoms with Crippen LogP contribution in [0.4, 0.5) is 5.69 Å². The average molecular weight is 225 g/mol. The van der Waals surface area contributed by atoms with Crippen LogP contribution < -0.4 is 5.32 Å². The highest BCUT2D eigenvalue weighted by Gasteiger charge is 2.08. The fourth-order valence-electron chi connectivity index (χ4n) is 1.03. The molecule has 1 amide bonds. The molecule has 4 nitrogen and oxygen atoms in total. The van der Waals surface area contributed by atoms with Crippen molar-refractivity contribution in [2.24, 2.45) is 0 Å². The van der Waals surface area contributed by atoms with Gasteiger partial charge in [0, 0.05) is 18.0 Å². The number of benzene rings is 1. The highest BCUT2D eigenvalue weighted by atomic mass is 32.2. The summed E-state index contributed by atoms with van der Waals surface area (Å²) in [6.45, 7) is 4.61. The van der Waals surface area contributed by atoms with E-state index in [1.165, 1.54) is 31.2 Å². The van der Waals surface area contributed by atoms with Crippen molar-refractivity contribution in [1.82, 2.24) is 0 Å². The molecule has 0 fully saturated rings. The first kappa shape index (κ1) is 11.5. The van der Waals surface area contributed by atoms with Crippen molar-refractivity contribution in [2.45, 2.75) is 11.8 Å². The standard InChI is InChI=1S/C10H11NO3S/c1-3-15(13,14)10-6-4-9(5-7-10)11-8(2)12/h3-7H,1H2,2H3,(H,11,12). The Kier molecular flexibility index (Phi) is 3.26. The van der Waals surface area contributed by atoms with Crippen LogP contribution in [0, 0.1) is 0 Å². The lowest BCUT2D eigenvalue weighted by Gasteiger charge is -2.02. The molecule has 0 aromatic heterocycles. The molecular weight excluding hydrogens is 214 g/mol. The molecule has 1 N–H and O–H groups in total. The number of anilines is 1. The molecule has 0 bridgehead atoms. The number of hydrogen-bond donors (Lipinski definition) is 1. The van der Waals surface area contributed by atoms with Gasteiger partial charge in [-0.15, -0.1) is 0 Å². The zero-order valence-electron chi connectivity index (χ0n) is 8.23. The Morgan fingerprint density at radius 3 is 2.27 bits per heavy atom. The summed E-state index contributed by atoms with van der Waals surface area (Å²) in [6.07, 6.45) is 0. The van der Waals surface area contributed by atoms with Gasteiger partial charge in [-0.3, -0.25) is 4.79 Å². The van der Waals surface area contributed by atoms with E-state index in [4.69, 9.17) is 0 Å². The molecule has 0 radical (unpaired) electrons. The average Bonchev–Trinajstić information content (AvgIpc) is 2.18. The Bertz CT molecular complexity index is 474.